The first-order valence-electron chi connectivity index (χ1n) is 5.02. The van der Waals surface area contributed by atoms with E-state index in [1.807, 2.05) is 24.4 Å². The number of hydrazine groups is 1. The zero-order chi connectivity index (χ0) is 10.5. The molecule has 0 saturated heterocycles. The van der Waals surface area contributed by atoms with Gasteiger partial charge < -0.3 is 10.7 Å². The second-order valence-electron chi connectivity index (χ2n) is 3.55. The fraction of sp³-hybridized carbons (Fsp3) is 0.167. The summed E-state index contributed by atoms with van der Waals surface area (Å²) in [6, 6.07) is 10.3. The molecule has 3 nitrogen and oxygen atoms in total. The van der Waals surface area contributed by atoms with Gasteiger partial charge in [-0.25, -0.2) is 0 Å². The van der Waals surface area contributed by atoms with E-state index < -0.39 is 0 Å². The summed E-state index contributed by atoms with van der Waals surface area (Å²) in [6.45, 7) is 2.88. The lowest BCUT2D eigenvalue weighted by molar-refractivity contribution is 0.623. The average Bonchev–Trinajstić information content (AvgIpc) is 2.28. The summed E-state index contributed by atoms with van der Waals surface area (Å²) in [5, 5.41) is 3.31. The zero-order valence-electron chi connectivity index (χ0n) is 8.75. The number of rotatable bonds is 3. The van der Waals surface area contributed by atoms with Crippen molar-refractivity contribution in [3.63, 3.8) is 0 Å². The Morgan fingerprint density at radius 3 is 2.73 bits per heavy atom. The maximum absolute atomic E-state index is 3.31. The molecule has 0 aromatic heterocycles. The molecule has 1 aliphatic heterocycles. The van der Waals surface area contributed by atoms with Gasteiger partial charge in [0.15, 0.2) is 0 Å². The highest BCUT2D eigenvalue weighted by Crippen LogP contribution is 2.02. The molecule has 15 heavy (non-hydrogen) atoms. The Labute approximate surface area is 89.9 Å². The number of allylic oxidation sites excluding steroid dienone is 2. The molecule has 1 aromatic rings. The van der Waals surface area contributed by atoms with Crippen LogP contribution in [0.2, 0.25) is 0 Å². The van der Waals surface area contributed by atoms with E-state index in [0.29, 0.717) is 0 Å². The first-order chi connectivity index (χ1) is 7.34. The van der Waals surface area contributed by atoms with Crippen LogP contribution < -0.4 is 16.2 Å². The molecule has 0 saturated carbocycles. The van der Waals surface area contributed by atoms with Gasteiger partial charge in [-0.3, -0.25) is 5.43 Å². The smallest absolute Gasteiger partial charge is 0.118 e. The molecule has 0 bridgehead atoms. The topological polar surface area (TPSA) is 36.1 Å². The third-order valence-corrected chi connectivity index (χ3v) is 2.20. The van der Waals surface area contributed by atoms with Gasteiger partial charge in [0.2, 0.25) is 0 Å². The van der Waals surface area contributed by atoms with Crippen molar-refractivity contribution in [1.82, 2.24) is 16.2 Å². The molecular weight excluding hydrogens is 186 g/mol. The zero-order valence-corrected chi connectivity index (χ0v) is 8.75. The summed E-state index contributed by atoms with van der Waals surface area (Å²) in [4.78, 5) is 0. The lowest BCUT2D eigenvalue weighted by Gasteiger charge is -2.17. The lowest BCUT2D eigenvalue weighted by Crippen LogP contribution is -2.36. The maximum Gasteiger partial charge on any atom is 0.118 e. The van der Waals surface area contributed by atoms with E-state index in [4.69, 9.17) is 0 Å². The predicted octanol–water partition coefficient (Wildman–Crippen LogP) is 1.63. The second kappa shape index (κ2) is 4.55. The minimum absolute atomic E-state index is 0.828. The Balaban J connectivity index is 1.91. The molecule has 1 heterocycles. The van der Waals surface area contributed by atoms with E-state index in [1.54, 1.807) is 0 Å². The Hall–Kier alpha value is -1.90. The molecule has 0 radical (unpaired) electrons. The largest absolute Gasteiger partial charge is 0.366 e. The van der Waals surface area contributed by atoms with Crippen LogP contribution >= 0.6 is 0 Å². The van der Waals surface area contributed by atoms with Crippen LogP contribution in [0.1, 0.15) is 12.5 Å². The van der Waals surface area contributed by atoms with Crippen molar-refractivity contribution < 1.29 is 0 Å². The van der Waals surface area contributed by atoms with Gasteiger partial charge in [-0.1, -0.05) is 30.3 Å². The summed E-state index contributed by atoms with van der Waals surface area (Å²) in [5.41, 5.74) is 8.49. The van der Waals surface area contributed by atoms with E-state index in [2.05, 4.69) is 41.3 Å². The van der Waals surface area contributed by atoms with Gasteiger partial charge in [0.25, 0.3) is 0 Å². The van der Waals surface area contributed by atoms with E-state index in [9.17, 15) is 0 Å². The first-order valence-corrected chi connectivity index (χ1v) is 5.02. The van der Waals surface area contributed by atoms with Crippen LogP contribution in [0, 0.1) is 0 Å². The van der Waals surface area contributed by atoms with Crippen molar-refractivity contribution in [2.45, 2.75) is 13.5 Å². The summed E-state index contributed by atoms with van der Waals surface area (Å²) in [6.07, 6.45) is 3.99. The fourth-order valence-corrected chi connectivity index (χ4v) is 1.42. The second-order valence-corrected chi connectivity index (χ2v) is 3.55. The highest BCUT2D eigenvalue weighted by atomic mass is 15.4. The number of nitrogens with one attached hydrogen (secondary N) is 3. The normalized spacial score (nSPS) is 14.5. The molecule has 0 atom stereocenters. The van der Waals surface area contributed by atoms with Crippen molar-refractivity contribution >= 4 is 0 Å². The molecular formula is C12H15N3. The summed E-state index contributed by atoms with van der Waals surface area (Å²) < 4.78 is 0. The highest BCUT2D eigenvalue weighted by molar-refractivity contribution is 5.23. The SMILES string of the molecule is CC1=CNNC(NCc2ccccc2)=C1. The molecule has 3 N–H and O–H groups in total. The molecule has 0 fully saturated rings. The third kappa shape index (κ3) is 2.77. The van der Waals surface area contributed by atoms with Crippen molar-refractivity contribution in [1.29, 1.82) is 0 Å². The Bertz CT molecular complexity index is 379. The minimum Gasteiger partial charge on any atom is -0.366 e. The number of benzene rings is 1. The summed E-state index contributed by atoms with van der Waals surface area (Å²) in [7, 11) is 0. The molecule has 0 aliphatic carbocycles. The monoisotopic (exact) mass is 201 g/mol. The van der Waals surface area contributed by atoms with Gasteiger partial charge in [0, 0.05) is 12.7 Å². The van der Waals surface area contributed by atoms with Crippen molar-refractivity contribution in [3.8, 4) is 0 Å². The van der Waals surface area contributed by atoms with Crippen molar-refractivity contribution in [2.24, 2.45) is 0 Å². The summed E-state index contributed by atoms with van der Waals surface area (Å²) in [5.74, 6) is 0.999. The lowest BCUT2D eigenvalue weighted by atomic mass is 10.2. The van der Waals surface area contributed by atoms with E-state index >= 15 is 0 Å². The van der Waals surface area contributed by atoms with Crippen LogP contribution in [0.25, 0.3) is 0 Å². The highest BCUT2D eigenvalue weighted by Gasteiger charge is 1.99. The predicted molar refractivity (Wildman–Crippen MR) is 61.4 cm³/mol. The Morgan fingerprint density at radius 2 is 2.00 bits per heavy atom. The van der Waals surface area contributed by atoms with E-state index in [-0.39, 0.29) is 0 Å². The van der Waals surface area contributed by atoms with Crippen LogP contribution in [0.3, 0.4) is 0 Å². The average molecular weight is 201 g/mol. The van der Waals surface area contributed by atoms with Crippen LogP contribution in [-0.2, 0) is 6.54 Å². The fourth-order valence-electron chi connectivity index (χ4n) is 1.42. The van der Waals surface area contributed by atoms with Crippen LogP contribution in [0.5, 0.6) is 0 Å². The molecule has 3 heteroatoms. The minimum atomic E-state index is 0.828. The quantitative estimate of drug-likeness (QED) is 0.695. The molecule has 78 valence electrons. The van der Waals surface area contributed by atoms with Gasteiger partial charge in [0.1, 0.15) is 5.82 Å². The van der Waals surface area contributed by atoms with E-state index in [1.165, 1.54) is 11.1 Å². The molecule has 0 unspecified atom stereocenters. The van der Waals surface area contributed by atoms with Crippen LogP contribution in [-0.4, -0.2) is 0 Å². The molecule has 0 amide bonds. The van der Waals surface area contributed by atoms with Gasteiger partial charge in [0.05, 0.1) is 0 Å². The number of hydrogen-bond acceptors (Lipinski definition) is 3. The maximum atomic E-state index is 3.31. The van der Waals surface area contributed by atoms with Gasteiger partial charge in [-0.15, -0.1) is 0 Å². The van der Waals surface area contributed by atoms with Crippen molar-refractivity contribution in [3.05, 3.63) is 59.6 Å². The van der Waals surface area contributed by atoms with Crippen LogP contribution in [0.15, 0.2) is 54.0 Å². The molecule has 2 rings (SSSR count). The van der Waals surface area contributed by atoms with Crippen LogP contribution in [0.4, 0.5) is 0 Å². The van der Waals surface area contributed by atoms with E-state index in [0.717, 1.165) is 12.4 Å². The first kappa shape index (κ1) is 9.65. The van der Waals surface area contributed by atoms with Crippen molar-refractivity contribution in [2.75, 3.05) is 0 Å². The standard InChI is InChI=1S/C12H15N3/c1-10-7-12(15-14-8-10)13-9-11-5-3-2-4-6-11/h2-8,13-15H,9H2,1H3. The molecule has 0 spiro atoms. The Morgan fingerprint density at radius 1 is 1.20 bits per heavy atom. The summed E-state index contributed by atoms with van der Waals surface area (Å²) >= 11 is 0. The molecule has 1 aliphatic rings. The van der Waals surface area contributed by atoms with Gasteiger partial charge in [-0.2, -0.15) is 0 Å². The number of hydrogen-bond donors (Lipinski definition) is 3. The molecule has 1 aromatic carbocycles. The Kier molecular flexibility index (Phi) is 2.93. The third-order valence-electron chi connectivity index (χ3n) is 2.20. The van der Waals surface area contributed by atoms with Gasteiger partial charge >= 0.3 is 0 Å². The van der Waals surface area contributed by atoms with Gasteiger partial charge in [-0.05, 0) is 24.1 Å².